The van der Waals surface area contributed by atoms with Crippen LogP contribution in [-0.4, -0.2) is 72.0 Å². The average molecular weight is 473 g/mol. The monoisotopic (exact) mass is 472 g/mol. The molecule has 0 aliphatic carbocycles. The Balaban J connectivity index is 5.13. The molecule has 0 radical (unpaired) electrons. The van der Waals surface area contributed by atoms with Crippen LogP contribution in [0.4, 0.5) is 0 Å². The number of hydrogen-bond acceptors (Lipinski definition) is 7. The van der Waals surface area contributed by atoms with Gasteiger partial charge in [-0.25, -0.2) is 0 Å². The van der Waals surface area contributed by atoms with E-state index in [1.165, 1.54) is 6.92 Å². The Labute approximate surface area is 195 Å². The highest BCUT2D eigenvalue weighted by atomic mass is 16.4. The molecule has 0 aromatic heterocycles. The summed E-state index contributed by atoms with van der Waals surface area (Å²) >= 11 is 0. The maximum Gasteiger partial charge on any atom is 0.322 e. The normalized spacial score (nSPS) is 14.7. The molecule has 0 saturated carbocycles. The molecule has 4 amide bonds. The van der Waals surface area contributed by atoms with Gasteiger partial charge in [-0.3, -0.25) is 24.0 Å². The molecule has 12 nitrogen and oxygen atoms in total. The number of carboxylic acids is 1. The first-order chi connectivity index (χ1) is 15.3. The Morgan fingerprint density at radius 1 is 0.758 bits per heavy atom. The SMILES string of the molecule is CC(C)[C@H](NC(=O)[C@@H](NC(=O)[C@@H](N)CCCCN)C(C)C)C(=O)N[C@@H](C)C(=O)NCC(=O)O. The predicted octanol–water partition coefficient (Wildman–Crippen LogP) is -1.57. The highest BCUT2D eigenvalue weighted by molar-refractivity contribution is 5.95. The fourth-order valence-electron chi connectivity index (χ4n) is 2.90. The molecule has 4 atom stereocenters. The van der Waals surface area contributed by atoms with Gasteiger partial charge in [-0.05, 0) is 38.1 Å². The van der Waals surface area contributed by atoms with Crippen molar-refractivity contribution in [1.29, 1.82) is 0 Å². The topological polar surface area (TPSA) is 206 Å². The summed E-state index contributed by atoms with van der Waals surface area (Å²) < 4.78 is 0. The Hall–Kier alpha value is -2.73. The van der Waals surface area contributed by atoms with Crippen LogP contribution in [0.5, 0.6) is 0 Å². The van der Waals surface area contributed by atoms with E-state index in [2.05, 4.69) is 21.3 Å². The van der Waals surface area contributed by atoms with Crippen LogP contribution in [0.1, 0.15) is 53.9 Å². The standard InChI is InChI=1S/C21H40N6O6/c1-11(2)16(20(32)25-13(5)18(30)24-10-15(28)29)27-21(33)17(12(3)4)26-19(31)14(23)8-6-7-9-22/h11-14,16-17H,6-10,22-23H2,1-5H3,(H,24,30)(H,25,32)(H,26,31)(H,27,33)(H,28,29)/t13-,14-,16-,17-/m0/s1. The molecule has 0 unspecified atom stereocenters. The van der Waals surface area contributed by atoms with E-state index in [4.69, 9.17) is 16.6 Å². The minimum Gasteiger partial charge on any atom is -0.480 e. The molecule has 0 aromatic carbocycles. The molecule has 0 saturated heterocycles. The molecular weight excluding hydrogens is 432 g/mol. The van der Waals surface area contributed by atoms with Crippen molar-refractivity contribution in [1.82, 2.24) is 21.3 Å². The largest absolute Gasteiger partial charge is 0.480 e. The molecule has 0 fully saturated rings. The van der Waals surface area contributed by atoms with Gasteiger partial charge in [0.25, 0.3) is 0 Å². The zero-order valence-corrected chi connectivity index (χ0v) is 20.1. The fraction of sp³-hybridized carbons (Fsp3) is 0.762. The summed E-state index contributed by atoms with van der Waals surface area (Å²) in [7, 11) is 0. The Morgan fingerprint density at radius 3 is 1.70 bits per heavy atom. The molecule has 0 aliphatic rings. The van der Waals surface area contributed by atoms with Crippen molar-refractivity contribution in [3.63, 3.8) is 0 Å². The summed E-state index contributed by atoms with van der Waals surface area (Å²) in [5, 5.41) is 18.6. The molecule has 33 heavy (non-hydrogen) atoms. The fourth-order valence-corrected chi connectivity index (χ4v) is 2.90. The molecule has 0 heterocycles. The minimum absolute atomic E-state index is 0.276. The molecular formula is C21H40N6O6. The summed E-state index contributed by atoms with van der Waals surface area (Å²) in [5.74, 6) is -4.11. The Morgan fingerprint density at radius 2 is 1.24 bits per heavy atom. The van der Waals surface area contributed by atoms with E-state index in [9.17, 15) is 24.0 Å². The lowest BCUT2D eigenvalue weighted by Gasteiger charge is -2.28. The number of carbonyl (C=O) groups is 5. The van der Waals surface area contributed by atoms with Crippen LogP contribution in [-0.2, 0) is 24.0 Å². The lowest BCUT2D eigenvalue weighted by atomic mass is 9.99. The maximum atomic E-state index is 12.9. The molecule has 0 rings (SSSR count). The number of hydrogen-bond donors (Lipinski definition) is 7. The van der Waals surface area contributed by atoms with Crippen LogP contribution in [0.2, 0.25) is 0 Å². The van der Waals surface area contributed by atoms with Gasteiger partial charge in [-0.15, -0.1) is 0 Å². The first kappa shape index (κ1) is 30.3. The van der Waals surface area contributed by atoms with Crippen LogP contribution >= 0.6 is 0 Å². The van der Waals surface area contributed by atoms with Crippen molar-refractivity contribution in [2.24, 2.45) is 23.3 Å². The van der Waals surface area contributed by atoms with Crippen LogP contribution < -0.4 is 32.7 Å². The van der Waals surface area contributed by atoms with Crippen molar-refractivity contribution in [2.45, 2.75) is 78.0 Å². The highest BCUT2D eigenvalue weighted by Gasteiger charge is 2.32. The molecule has 9 N–H and O–H groups in total. The Kier molecular flexibility index (Phi) is 13.9. The zero-order valence-electron chi connectivity index (χ0n) is 20.1. The van der Waals surface area contributed by atoms with Crippen LogP contribution in [0.3, 0.4) is 0 Å². The average Bonchev–Trinajstić information content (AvgIpc) is 2.72. The van der Waals surface area contributed by atoms with Gasteiger partial charge in [-0.2, -0.15) is 0 Å². The molecule has 0 aliphatic heterocycles. The second-order valence-electron chi connectivity index (χ2n) is 8.69. The summed E-state index contributed by atoms with van der Waals surface area (Å²) in [6, 6.07) is -3.69. The number of nitrogens with one attached hydrogen (secondary N) is 4. The van der Waals surface area contributed by atoms with Gasteiger partial charge < -0.3 is 37.8 Å². The highest BCUT2D eigenvalue weighted by Crippen LogP contribution is 2.08. The number of aliphatic carboxylic acids is 1. The third kappa shape index (κ3) is 11.6. The predicted molar refractivity (Wildman–Crippen MR) is 123 cm³/mol. The summed E-state index contributed by atoms with van der Waals surface area (Å²) in [4.78, 5) is 60.6. The van der Waals surface area contributed by atoms with E-state index in [0.29, 0.717) is 19.4 Å². The van der Waals surface area contributed by atoms with Gasteiger partial charge in [0.2, 0.25) is 23.6 Å². The van der Waals surface area contributed by atoms with E-state index in [1.54, 1.807) is 27.7 Å². The maximum absolute atomic E-state index is 12.9. The number of amides is 4. The van der Waals surface area contributed by atoms with E-state index in [-0.39, 0.29) is 11.8 Å². The van der Waals surface area contributed by atoms with Gasteiger partial charge in [0.05, 0.1) is 6.04 Å². The van der Waals surface area contributed by atoms with Crippen molar-refractivity contribution in [3.8, 4) is 0 Å². The van der Waals surface area contributed by atoms with Crippen molar-refractivity contribution >= 4 is 29.6 Å². The lowest BCUT2D eigenvalue weighted by Crippen LogP contribution is -2.59. The molecule has 0 bridgehead atoms. The number of unbranched alkanes of at least 4 members (excludes halogenated alkanes) is 1. The van der Waals surface area contributed by atoms with Gasteiger partial charge in [0.15, 0.2) is 0 Å². The summed E-state index contributed by atoms with van der Waals surface area (Å²) in [6.45, 7) is 8.27. The third-order valence-corrected chi connectivity index (χ3v) is 4.97. The molecule has 12 heteroatoms. The van der Waals surface area contributed by atoms with E-state index >= 15 is 0 Å². The van der Waals surface area contributed by atoms with E-state index in [0.717, 1.165) is 6.42 Å². The van der Waals surface area contributed by atoms with E-state index in [1.807, 2.05) is 0 Å². The zero-order chi connectivity index (χ0) is 25.7. The lowest BCUT2D eigenvalue weighted by molar-refractivity contribution is -0.138. The van der Waals surface area contributed by atoms with Gasteiger partial charge in [0.1, 0.15) is 24.7 Å². The molecule has 0 aromatic rings. The number of carboxylic acid groups (broad SMARTS) is 1. The van der Waals surface area contributed by atoms with Gasteiger partial charge in [0, 0.05) is 0 Å². The van der Waals surface area contributed by atoms with Crippen molar-refractivity contribution in [3.05, 3.63) is 0 Å². The second kappa shape index (κ2) is 15.2. The summed E-state index contributed by atoms with van der Waals surface area (Å²) in [5.41, 5.74) is 11.4. The summed E-state index contributed by atoms with van der Waals surface area (Å²) in [6.07, 6.45) is 1.87. The van der Waals surface area contributed by atoms with Gasteiger partial charge in [-0.1, -0.05) is 34.1 Å². The van der Waals surface area contributed by atoms with Crippen LogP contribution in [0.25, 0.3) is 0 Å². The van der Waals surface area contributed by atoms with Crippen LogP contribution in [0.15, 0.2) is 0 Å². The molecule has 190 valence electrons. The first-order valence-corrected chi connectivity index (χ1v) is 11.2. The number of rotatable bonds is 15. The van der Waals surface area contributed by atoms with E-state index < -0.39 is 60.3 Å². The Bertz CT molecular complexity index is 684. The van der Waals surface area contributed by atoms with Crippen LogP contribution in [0, 0.1) is 11.8 Å². The smallest absolute Gasteiger partial charge is 0.322 e. The number of carbonyl (C=O) groups excluding carboxylic acids is 4. The third-order valence-electron chi connectivity index (χ3n) is 4.97. The molecule has 0 spiro atoms. The second-order valence-corrected chi connectivity index (χ2v) is 8.69. The minimum atomic E-state index is -1.21. The van der Waals surface area contributed by atoms with Crippen molar-refractivity contribution in [2.75, 3.05) is 13.1 Å². The quantitative estimate of drug-likeness (QED) is 0.138. The van der Waals surface area contributed by atoms with Gasteiger partial charge >= 0.3 is 5.97 Å². The van der Waals surface area contributed by atoms with Crippen molar-refractivity contribution < 1.29 is 29.1 Å². The number of nitrogens with two attached hydrogens (primary N) is 2. The first-order valence-electron chi connectivity index (χ1n) is 11.2.